The number of likely N-dealkylation sites (N-methyl/N-ethyl adjacent to an activating group) is 1. The summed E-state index contributed by atoms with van der Waals surface area (Å²) in [4.78, 5) is 38.5. The number of amides is 3. The molecule has 2 aliphatic heterocycles. The SMILES string of the molecule is CNC(=O)[C@H]1CN(CC(=O)N2CCOC2=O)c2ccccc2O1. The topological polar surface area (TPSA) is 88.2 Å². The first-order valence-corrected chi connectivity index (χ1v) is 7.29. The fraction of sp³-hybridized carbons (Fsp3) is 0.400. The van der Waals surface area contributed by atoms with Crippen LogP contribution in [-0.2, 0) is 14.3 Å². The molecule has 8 nitrogen and oxygen atoms in total. The van der Waals surface area contributed by atoms with Crippen LogP contribution >= 0.6 is 0 Å². The van der Waals surface area contributed by atoms with Gasteiger partial charge in [0.1, 0.15) is 12.4 Å². The van der Waals surface area contributed by atoms with E-state index in [2.05, 4.69) is 5.32 Å². The van der Waals surface area contributed by atoms with Crippen LogP contribution in [0.1, 0.15) is 0 Å². The molecule has 1 saturated heterocycles. The molecule has 1 atom stereocenters. The third-order valence-corrected chi connectivity index (χ3v) is 3.79. The summed E-state index contributed by atoms with van der Waals surface area (Å²) in [6.07, 6.45) is -1.34. The van der Waals surface area contributed by atoms with Crippen molar-refractivity contribution in [2.45, 2.75) is 6.10 Å². The van der Waals surface area contributed by atoms with E-state index in [4.69, 9.17) is 9.47 Å². The molecular weight excluding hydrogens is 302 g/mol. The Morgan fingerprint density at radius 3 is 2.83 bits per heavy atom. The number of para-hydroxylation sites is 2. The Labute approximate surface area is 132 Å². The quantitative estimate of drug-likeness (QED) is 0.842. The standard InChI is InChI=1S/C15H17N3O5/c1-16-14(20)12-8-17(10-4-2-3-5-11(10)23-12)9-13(19)18-6-7-22-15(18)21/h2-5,12H,6-9H2,1H3,(H,16,20)/t12-/m1/s1. The van der Waals surface area contributed by atoms with Crippen molar-refractivity contribution in [3.8, 4) is 5.75 Å². The number of anilines is 1. The number of carbonyl (C=O) groups excluding carboxylic acids is 3. The van der Waals surface area contributed by atoms with E-state index >= 15 is 0 Å². The van der Waals surface area contributed by atoms with E-state index in [1.807, 2.05) is 12.1 Å². The van der Waals surface area contributed by atoms with Crippen LogP contribution in [0.3, 0.4) is 0 Å². The van der Waals surface area contributed by atoms with Gasteiger partial charge < -0.3 is 19.7 Å². The Morgan fingerprint density at radius 2 is 2.13 bits per heavy atom. The lowest BCUT2D eigenvalue weighted by Crippen LogP contribution is -2.51. The second-order valence-corrected chi connectivity index (χ2v) is 5.23. The first kappa shape index (κ1) is 15.1. The van der Waals surface area contributed by atoms with Gasteiger partial charge in [-0.1, -0.05) is 12.1 Å². The molecular formula is C15H17N3O5. The first-order valence-electron chi connectivity index (χ1n) is 7.29. The average Bonchev–Trinajstić information content (AvgIpc) is 3.00. The summed E-state index contributed by atoms with van der Waals surface area (Å²) in [5.74, 6) is -0.0958. The average molecular weight is 319 g/mol. The number of hydrogen-bond donors (Lipinski definition) is 1. The minimum Gasteiger partial charge on any atom is -0.477 e. The minimum atomic E-state index is -0.715. The molecule has 122 valence electrons. The van der Waals surface area contributed by atoms with Gasteiger partial charge >= 0.3 is 6.09 Å². The maximum atomic E-state index is 12.3. The van der Waals surface area contributed by atoms with E-state index in [-0.39, 0.29) is 38.1 Å². The summed E-state index contributed by atoms with van der Waals surface area (Å²) in [6, 6.07) is 7.17. The van der Waals surface area contributed by atoms with E-state index in [0.29, 0.717) is 11.4 Å². The van der Waals surface area contributed by atoms with Crippen LogP contribution in [0, 0.1) is 0 Å². The van der Waals surface area contributed by atoms with Crippen LogP contribution in [0.25, 0.3) is 0 Å². The molecule has 2 heterocycles. The van der Waals surface area contributed by atoms with Crippen molar-refractivity contribution < 1.29 is 23.9 Å². The number of nitrogens with one attached hydrogen (secondary N) is 1. The van der Waals surface area contributed by atoms with Gasteiger partial charge in [-0.05, 0) is 12.1 Å². The smallest absolute Gasteiger partial charge is 0.416 e. The molecule has 2 aliphatic rings. The highest BCUT2D eigenvalue weighted by atomic mass is 16.6. The predicted octanol–water partition coefficient (Wildman–Crippen LogP) is -0.0212. The van der Waals surface area contributed by atoms with Crippen molar-refractivity contribution in [2.24, 2.45) is 0 Å². The maximum Gasteiger partial charge on any atom is 0.416 e. The lowest BCUT2D eigenvalue weighted by atomic mass is 10.1. The van der Waals surface area contributed by atoms with Gasteiger partial charge in [0.15, 0.2) is 6.10 Å². The Hall–Kier alpha value is -2.77. The molecule has 0 unspecified atom stereocenters. The molecule has 0 saturated carbocycles. The van der Waals surface area contributed by atoms with Crippen molar-refractivity contribution >= 4 is 23.6 Å². The summed E-state index contributed by atoms with van der Waals surface area (Å²) in [5, 5.41) is 2.54. The third kappa shape index (κ3) is 2.92. The van der Waals surface area contributed by atoms with Crippen molar-refractivity contribution in [1.82, 2.24) is 10.2 Å². The number of fused-ring (bicyclic) bond motifs is 1. The number of ether oxygens (including phenoxy) is 2. The molecule has 0 radical (unpaired) electrons. The fourth-order valence-corrected chi connectivity index (χ4v) is 2.62. The molecule has 3 amide bonds. The number of cyclic esters (lactones) is 1. The molecule has 23 heavy (non-hydrogen) atoms. The molecule has 1 aromatic carbocycles. The Balaban J connectivity index is 1.80. The Bertz CT molecular complexity index is 648. The first-order chi connectivity index (χ1) is 11.1. The van der Waals surface area contributed by atoms with Crippen molar-refractivity contribution in [3.63, 3.8) is 0 Å². The highest BCUT2D eigenvalue weighted by Crippen LogP contribution is 2.33. The summed E-state index contributed by atoms with van der Waals surface area (Å²) < 4.78 is 10.5. The van der Waals surface area contributed by atoms with Gasteiger partial charge in [-0.2, -0.15) is 0 Å². The lowest BCUT2D eigenvalue weighted by molar-refractivity contribution is -0.129. The zero-order chi connectivity index (χ0) is 16.4. The Kier molecular flexibility index (Phi) is 4.05. The van der Waals surface area contributed by atoms with Crippen molar-refractivity contribution in [3.05, 3.63) is 24.3 Å². The largest absolute Gasteiger partial charge is 0.477 e. The van der Waals surface area contributed by atoms with Crippen molar-refractivity contribution in [2.75, 3.05) is 38.2 Å². The second-order valence-electron chi connectivity index (χ2n) is 5.23. The highest BCUT2D eigenvalue weighted by molar-refractivity contribution is 5.96. The van der Waals surface area contributed by atoms with E-state index in [1.54, 1.807) is 17.0 Å². The van der Waals surface area contributed by atoms with E-state index < -0.39 is 12.2 Å². The molecule has 1 N–H and O–H groups in total. The van der Waals surface area contributed by atoms with Gasteiger partial charge in [-0.15, -0.1) is 0 Å². The third-order valence-electron chi connectivity index (χ3n) is 3.79. The van der Waals surface area contributed by atoms with Crippen LogP contribution in [0.4, 0.5) is 10.5 Å². The maximum absolute atomic E-state index is 12.3. The van der Waals surface area contributed by atoms with Crippen molar-refractivity contribution in [1.29, 1.82) is 0 Å². The molecule has 3 rings (SSSR count). The summed E-state index contributed by atoms with van der Waals surface area (Å²) in [7, 11) is 1.53. The predicted molar refractivity (Wildman–Crippen MR) is 80.2 cm³/mol. The summed E-state index contributed by atoms with van der Waals surface area (Å²) >= 11 is 0. The van der Waals surface area contributed by atoms with Gasteiger partial charge in [0.2, 0.25) is 0 Å². The molecule has 1 aromatic rings. The Morgan fingerprint density at radius 1 is 1.35 bits per heavy atom. The molecule has 8 heteroatoms. The number of hydrogen-bond acceptors (Lipinski definition) is 6. The zero-order valence-corrected chi connectivity index (χ0v) is 12.7. The molecule has 0 aromatic heterocycles. The van der Waals surface area contributed by atoms with E-state index in [1.165, 1.54) is 7.05 Å². The normalized spacial score (nSPS) is 19.7. The van der Waals surface area contributed by atoms with Gasteiger partial charge in [0, 0.05) is 7.05 Å². The summed E-state index contributed by atoms with van der Waals surface area (Å²) in [5.41, 5.74) is 0.716. The summed E-state index contributed by atoms with van der Waals surface area (Å²) in [6.45, 7) is 0.669. The number of rotatable bonds is 3. The van der Waals surface area contributed by atoms with Crippen LogP contribution in [-0.4, -0.2) is 62.2 Å². The van der Waals surface area contributed by atoms with Crippen LogP contribution in [0.15, 0.2) is 24.3 Å². The molecule has 0 bridgehead atoms. The van der Waals surface area contributed by atoms with Crippen LogP contribution in [0.2, 0.25) is 0 Å². The fourth-order valence-electron chi connectivity index (χ4n) is 2.62. The molecule has 0 aliphatic carbocycles. The van der Waals surface area contributed by atoms with Crippen LogP contribution in [0.5, 0.6) is 5.75 Å². The zero-order valence-electron chi connectivity index (χ0n) is 12.7. The number of nitrogens with zero attached hydrogens (tertiary/aromatic N) is 2. The molecule has 0 spiro atoms. The number of benzene rings is 1. The minimum absolute atomic E-state index is 0.0248. The second kappa shape index (κ2) is 6.15. The number of imide groups is 1. The van der Waals surface area contributed by atoms with E-state index in [0.717, 1.165) is 4.90 Å². The highest BCUT2D eigenvalue weighted by Gasteiger charge is 2.34. The van der Waals surface area contributed by atoms with Gasteiger partial charge in [-0.3, -0.25) is 9.59 Å². The van der Waals surface area contributed by atoms with Gasteiger partial charge in [0.25, 0.3) is 11.8 Å². The molecule has 1 fully saturated rings. The lowest BCUT2D eigenvalue weighted by Gasteiger charge is -2.35. The number of carbonyl (C=O) groups is 3. The van der Waals surface area contributed by atoms with E-state index in [9.17, 15) is 14.4 Å². The van der Waals surface area contributed by atoms with Gasteiger partial charge in [0.05, 0.1) is 25.3 Å². The van der Waals surface area contributed by atoms with Gasteiger partial charge in [-0.25, -0.2) is 9.69 Å². The van der Waals surface area contributed by atoms with Crippen LogP contribution < -0.4 is 15.0 Å². The monoisotopic (exact) mass is 319 g/mol.